The van der Waals surface area contributed by atoms with Gasteiger partial charge >= 0.3 is 0 Å². The third kappa shape index (κ3) is 2.69. The molecule has 1 heterocycles. The summed E-state index contributed by atoms with van der Waals surface area (Å²) in [5.74, 6) is 0. The fraction of sp³-hybridized carbons (Fsp3) is 0.375. The number of nitrogens with zero attached hydrogens (tertiary/aromatic N) is 2. The van der Waals surface area contributed by atoms with Gasteiger partial charge in [0.05, 0.1) is 17.2 Å². The van der Waals surface area contributed by atoms with Crippen molar-refractivity contribution in [1.29, 1.82) is 0 Å². The monoisotopic (exact) mass is 214 g/mol. The lowest BCUT2D eigenvalue weighted by Crippen LogP contribution is -2.22. The molecule has 1 aromatic rings. The second-order valence-electron chi connectivity index (χ2n) is 2.89. The van der Waals surface area contributed by atoms with Gasteiger partial charge in [0.15, 0.2) is 0 Å². The van der Waals surface area contributed by atoms with Crippen LogP contribution in [0.2, 0.25) is 0 Å². The van der Waals surface area contributed by atoms with Crippen molar-refractivity contribution in [2.24, 2.45) is 0 Å². The molecule has 7 nitrogen and oxygen atoms in total. The van der Waals surface area contributed by atoms with Crippen molar-refractivity contribution in [3.63, 3.8) is 0 Å². The number of aliphatic hydroxyl groups excluding tert-OH is 3. The smallest absolute Gasteiger partial charge is 0.272 e. The van der Waals surface area contributed by atoms with E-state index in [-0.39, 0.29) is 11.4 Å². The van der Waals surface area contributed by atoms with Gasteiger partial charge in [-0.15, -0.1) is 0 Å². The molecule has 0 saturated carbocycles. The van der Waals surface area contributed by atoms with Gasteiger partial charge in [-0.25, -0.2) is 0 Å². The summed E-state index contributed by atoms with van der Waals surface area (Å²) in [6.45, 7) is -0.647. The van der Waals surface area contributed by atoms with E-state index in [2.05, 4.69) is 4.98 Å². The van der Waals surface area contributed by atoms with Gasteiger partial charge < -0.3 is 15.3 Å². The minimum atomic E-state index is -1.44. The molecule has 15 heavy (non-hydrogen) atoms. The fourth-order valence-electron chi connectivity index (χ4n) is 1.01. The highest BCUT2D eigenvalue weighted by atomic mass is 16.6. The maximum absolute atomic E-state index is 10.4. The maximum atomic E-state index is 10.4. The molecule has 0 aliphatic heterocycles. The Morgan fingerprint density at radius 1 is 1.53 bits per heavy atom. The number of rotatable bonds is 4. The van der Waals surface area contributed by atoms with E-state index in [0.717, 1.165) is 12.3 Å². The van der Waals surface area contributed by atoms with Gasteiger partial charge in [0.2, 0.25) is 0 Å². The molecule has 2 unspecified atom stereocenters. The van der Waals surface area contributed by atoms with E-state index in [1.807, 2.05) is 0 Å². The minimum absolute atomic E-state index is 0.0502. The maximum Gasteiger partial charge on any atom is 0.272 e. The van der Waals surface area contributed by atoms with Crippen molar-refractivity contribution in [2.45, 2.75) is 12.2 Å². The summed E-state index contributed by atoms with van der Waals surface area (Å²) in [6.07, 6.45) is -1.68. The van der Waals surface area contributed by atoms with E-state index >= 15 is 0 Å². The number of nitro groups is 1. The van der Waals surface area contributed by atoms with Crippen LogP contribution in [0.3, 0.4) is 0 Å². The van der Waals surface area contributed by atoms with Gasteiger partial charge in [-0.3, -0.25) is 15.1 Å². The second kappa shape index (κ2) is 4.78. The average Bonchev–Trinajstić information content (AvgIpc) is 2.27. The molecular weight excluding hydrogens is 204 g/mol. The van der Waals surface area contributed by atoms with Crippen LogP contribution in [0.25, 0.3) is 0 Å². The third-order valence-corrected chi connectivity index (χ3v) is 1.83. The van der Waals surface area contributed by atoms with Crippen molar-refractivity contribution in [2.75, 3.05) is 6.61 Å². The quantitative estimate of drug-likeness (QED) is 0.454. The van der Waals surface area contributed by atoms with Crippen molar-refractivity contribution < 1.29 is 20.2 Å². The molecule has 1 aromatic heterocycles. The van der Waals surface area contributed by atoms with E-state index in [1.54, 1.807) is 0 Å². The van der Waals surface area contributed by atoms with Gasteiger partial charge in [0.1, 0.15) is 12.2 Å². The Hall–Kier alpha value is -1.57. The Morgan fingerprint density at radius 3 is 2.73 bits per heavy atom. The number of hydrogen-bond donors (Lipinski definition) is 3. The lowest BCUT2D eigenvalue weighted by Gasteiger charge is -2.14. The molecule has 7 heteroatoms. The molecular formula is C8H10N2O5. The highest BCUT2D eigenvalue weighted by Gasteiger charge is 2.20. The van der Waals surface area contributed by atoms with Crippen LogP contribution in [-0.2, 0) is 0 Å². The minimum Gasteiger partial charge on any atom is -0.394 e. The molecule has 0 radical (unpaired) electrons. The highest BCUT2D eigenvalue weighted by molar-refractivity contribution is 5.30. The van der Waals surface area contributed by atoms with Crippen LogP contribution in [0.4, 0.5) is 5.69 Å². The highest BCUT2D eigenvalue weighted by Crippen LogP contribution is 2.18. The van der Waals surface area contributed by atoms with Crippen LogP contribution >= 0.6 is 0 Å². The first kappa shape index (κ1) is 11.5. The second-order valence-corrected chi connectivity index (χ2v) is 2.89. The van der Waals surface area contributed by atoms with Crippen LogP contribution < -0.4 is 0 Å². The van der Waals surface area contributed by atoms with Crippen molar-refractivity contribution in [3.05, 3.63) is 34.1 Å². The molecule has 2 atom stereocenters. The van der Waals surface area contributed by atoms with E-state index < -0.39 is 23.7 Å². The Labute approximate surface area is 84.8 Å². The zero-order valence-electron chi connectivity index (χ0n) is 7.65. The molecule has 0 aliphatic rings. The van der Waals surface area contributed by atoms with Crippen LogP contribution in [0.15, 0.2) is 18.3 Å². The van der Waals surface area contributed by atoms with Crippen LogP contribution in [0, 0.1) is 10.1 Å². The predicted octanol–water partition coefficient (Wildman–Crippen LogP) is -0.624. The van der Waals surface area contributed by atoms with Crippen LogP contribution in [-0.4, -0.2) is 37.9 Å². The van der Waals surface area contributed by atoms with Crippen molar-refractivity contribution in [1.82, 2.24) is 4.98 Å². The zero-order chi connectivity index (χ0) is 11.4. The molecule has 1 rings (SSSR count). The summed E-state index contributed by atoms with van der Waals surface area (Å²) in [6, 6.07) is 2.21. The van der Waals surface area contributed by atoms with Gasteiger partial charge in [-0.1, -0.05) is 0 Å². The number of aliphatic hydroxyl groups is 3. The Kier molecular flexibility index (Phi) is 3.67. The van der Waals surface area contributed by atoms with Crippen LogP contribution in [0.5, 0.6) is 0 Å². The standard InChI is InChI=1S/C8H10N2O5/c11-4-7(12)8(13)6-3-5(10(14)15)1-2-9-6/h1-3,7-8,11-13H,4H2. The van der Waals surface area contributed by atoms with Crippen LogP contribution in [0.1, 0.15) is 11.8 Å². The molecule has 3 N–H and O–H groups in total. The topological polar surface area (TPSA) is 117 Å². The number of pyridine rings is 1. The summed E-state index contributed by atoms with van der Waals surface area (Å²) in [5, 5.41) is 37.5. The molecule has 0 saturated heterocycles. The zero-order valence-corrected chi connectivity index (χ0v) is 7.65. The summed E-state index contributed by atoms with van der Waals surface area (Å²) < 4.78 is 0. The van der Waals surface area contributed by atoms with E-state index in [9.17, 15) is 15.2 Å². The molecule has 0 fully saturated rings. The molecule has 0 aromatic carbocycles. The third-order valence-electron chi connectivity index (χ3n) is 1.83. The Morgan fingerprint density at radius 2 is 2.20 bits per heavy atom. The average molecular weight is 214 g/mol. The number of hydrogen-bond acceptors (Lipinski definition) is 6. The first-order valence-corrected chi connectivity index (χ1v) is 4.13. The van der Waals surface area contributed by atoms with Gasteiger partial charge in [-0.2, -0.15) is 0 Å². The van der Waals surface area contributed by atoms with Gasteiger partial charge in [0, 0.05) is 18.3 Å². The summed E-state index contributed by atoms with van der Waals surface area (Å²) in [5.41, 5.74) is -0.282. The summed E-state index contributed by atoms with van der Waals surface area (Å²) in [7, 11) is 0. The van der Waals surface area contributed by atoms with Crippen molar-refractivity contribution >= 4 is 5.69 Å². The number of aromatic nitrogens is 1. The lowest BCUT2D eigenvalue weighted by atomic mass is 10.1. The molecule has 0 amide bonds. The normalized spacial score (nSPS) is 14.6. The summed E-state index contributed by atoms with van der Waals surface area (Å²) in [4.78, 5) is 13.4. The molecule has 0 bridgehead atoms. The Bertz CT molecular complexity index is 357. The largest absolute Gasteiger partial charge is 0.394 e. The van der Waals surface area contributed by atoms with Gasteiger partial charge in [-0.05, 0) is 0 Å². The summed E-state index contributed by atoms with van der Waals surface area (Å²) >= 11 is 0. The molecule has 0 spiro atoms. The molecule has 82 valence electrons. The lowest BCUT2D eigenvalue weighted by molar-refractivity contribution is -0.385. The van der Waals surface area contributed by atoms with Crippen molar-refractivity contribution in [3.8, 4) is 0 Å². The van der Waals surface area contributed by atoms with E-state index in [1.165, 1.54) is 6.07 Å². The molecule has 0 aliphatic carbocycles. The van der Waals surface area contributed by atoms with E-state index in [0.29, 0.717) is 0 Å². The first-order valence-electron chi connectivity index (χ1n) is 4.13. The Balaban J connectivity index is 2.94. The van der Waals surface area contributed by atoms with Gasteiger partial charge in [0.25, 0.3) is 5.69 Å². The van der Waals surface area contributed by atoms with E-state index in [4.69, 9.17) is 10.2 Å². The first-order chi connectivity index (χ1) is 7.06. The fourth-order valence-corrected chi connectivity index (χ4v) is 1.01. The predicted molar refractivity (Wildman–Crippen MR) is 48.9 cm³/mol. The SMILES string of the molecule is O=[N+]([O-])c1ccnc(C(O)C(O)CO)c1.